The number of rotatable bonds is 2. The molecule has 0 spiro atoms. The topological polar surface area (TPSA) is 80.3 Å². The zero-order valence-electron chi connectivity index (χ0n) is 6.63. The Labute approximate surface area is 91.3 Å². The van der Waals surface area contributed by atoms with Gasteiger partial charge in [0.15, 0.2) is 0 Å². The maximum absolute atomic E-state index is 11.5. The predicted molar refractivity (Wildman–Crippen MR) is 40.3 cm³/mol. The molecule has 0 aliphatic rings. The largest absolute Gasteiger partial charge is 0.512 e. The Balaban J connectivity index is 0. The van der Waals surface area contributed by atoms with Gasteiger partial charge in [0.05, 0.1) is 0 Å². The van der Waals surface area contributed by atoms with Crippen LogP contribution in [0.1, 0.15) is 0 Å². The van der Waals surface area contributed by atoms with Crippen LogP contribution in [0.15, 0.2) is 0 Å². The van der Waals surface area contributed by atoms with Crippen LogP contribution in [-0.4, -0.2) is 27.9 Å². The second-order valence-corrected chi connectivity index (χ2v) is 5.59. The van der Waals surface area contributed by atoms with E-state index in [1.165, 1.54) is 0 Å². The molecule has 16 heavy (non-hydrogen) atoms. The molecule has 0 saturated carbocycles. The van der Waals surface area contributed by atoms with Gasteiger partial charge in [-0.3, -0.25) is 0 Å². The Hall–Kier alpha value is -0.270. The van der Waals surface area contributed by atoms with Gasteiger partial charge in [-0.05, 0) is 0 Å². The quantitative estimate of drug-likeness (QED) is 0.760. The van der Waals surface area contributed by atoms with Gasteiger partial charge >= 0.3 is 31.1 Å². The van der Waals surface area contributed by atoms with Gasteiger partial charge < -0.3 is 0 Å². The molecule has 0 aromatic heterocycles. The van der Waals surface area contributed by atoms with Gasteiger partial charge in [-0.2, -0.15) is 26.3 Å². The normalized spacial score (nSPS) is 14.4. The fourth-order valence-electron chi connectivity index (χ4n) is 0.239. The van der Waals surface area contributed by atoms with E-state index >= 15 is 0 Å². The fraction of sp³-hybridized carbons (Fsp3) is 1.00. The van der Waals surface area contributed by atoms with Crippen molar-refractivity contribution in [1.29, 1.82) is 0 Å². The van der Waals surface area contributed by atoms with Gasteiger partial charge in [0.1, 0.15) is 0 Å². The molecule has 0 aromatic carbocycles. The van der Waals surface area contributed by atoms with Crippen LogP contribution >= 0.6 is 12.4 Å². The van der Waals surface area contributed by atoms with Crippen molar-refractivity contribution in [2.75, 3.05) is 0 Å². The lowest BCUT2D eigenvalue weighted by atomic mass is 11.6. The molecule has 0 aliphatic carbocycles. The molecule has 0 amide bonds. The van der Waals surface area contributed by atoms with Crippen LogP contribution in [-0.2, 0) is 20.0 Å². The molecule has 0 aliphatic heterocycles. The highest BCUT2D eigenvalue weighted by Gasteiger charge is 2.55. The summed E-state index contributed by atoms with van der Waals surface area (Å²) < 4.78 is 108. The molecule has 0 aromatic rings. The van der Waals surface area contributed by atoms with Crippen LogP contribution in [0.25, 0.3) is 0 Å². The van der Waals surface area contributed by atoms with Gasteiger partial charge in [0.2, 0.25) is 0 Å². The van der Waals surface area contributed by atoms with Crippen LogP contribution in [0.3, 0.4) is 0 Å². The Morgan fingerprint density at radius 3 is 1.00 bits per heavy atom. The third-order valence-electron chi connectivity index (χ3n) is 0.829. The first kappa shape index (κ1) is 18.1. The summed E-state index contributed by atoms with van der Waals surface area (Å²) in [6.45, 7) is 0. The summed E-state index contributed by atoms with van der Waals surface area (Å²) in [5, 5.41) is 0. The predicted octanol–water partition coefficient (Wildman–Crippen LogP) is 0.697. The number of halogens is 7. The number of nitrogens with one attached hydrogen (secondary N) is 1. The van der Waals surface area contributed by atoms with Crippen molar-refractivity contribution in [2.24, 2.45) is 0 Å². The number of sulfonamides is 2. The molecule has 0 rings (SSSR count). The van der Waals surface area contributed by atoms with Gasteiger partial charge in [-0.15, -0.1) is 12.4 Å². The molecular weight excluding hydrogens is 316 g/mol. The zero-order valence-corrected chi connectivity index (χ0v) is 9.08. The van der Waals surface area contributed by atoms with E-state index in [1.54, 1.807) is 0 Å². The third kappa shape index (κ3) is 3.95. The van der Waals surface area contributed by atoms with E-state index < -0.39 is 35.2 Å². The number of alkyl halides is 6. The summed E-state index contributed by atoms with van der Waals surface area (Å²) in [7, 11) is -13.2. The van der Waals surface area contributed by atoms with Crippen LogP contribution < -0.4 is 4.13 Å². The highest BCUT2D eigenvalue weighted by Crippen LogP contribution is 2.27. The van der Waals surface area contributed by atoms with E-state index in [9.17, 15) is 43.2 Å². The van der Waals surface area contributed by atoms with Gasteiger partial charge in [-0.1, -0.05) is 4.13 Å². The maximum atomic E-state index is 11.5. The molecule has 0 heterocycles. The van der Waals surface area contributed by atoms with Gasteiger partial charge in [0, 0.05) is 0 Å². The maximum Gasteiger partial charge on any atom is 0.512 e. The summed E-state index contributed by atoms with van der Waals surface area (Å²) in [5.74, 6) is 0. The van der Waals surface area contributed by atoms with Crippen molar-refractivity contribution in [3.05, 3.63) is 0 Å². The van der Waals surface area contributed by atoms with Crippen molar-refractivity contribution >= 4 is 32.5 Å². The molecule has 1 N–H and O–H groups in total. The highest BCUT2D eigenvalue weighted by atomic mass is 35.5. The summed E-state index contributed by atoms with van der Waals surface area (Å²) >= 11 is 0. The average Bonchev–Trinajstić information content (AvgIpc) is 1.77. The molecule has 100 valence electrons. The van der Waals surface area contributed by atoms with Crippen molar-refractivity contribution < 1.29 is 43.2 Å². The standard InChI is InChI=1S/C2HF6NO4S2.ClH/c3-1(4,5)14(10,11)9-15(12,13)2(6,7)8;/h9H;1H. The van der Waals surface area contributed by atoms with E-state index in [-0.39, 0.29) is 12.4 Å². The lowest BCUT2D eigenvalue weighted by molar-refractivity contribution is -0.0476. The van der Waals surface area contributed by atoms with E-state index in [4.69, 9.17) is 0 Å². The number of hydrogen-bond donors (Lipinski definition) is 1. The smallest absolute Gasteiger partial charge is 0.202 e. The van der Waals surface area contributed by atoms with E-state index in [0.29, 0.717) is 0 Å². The minimum atomic E-state index is -6.60. The molecule has 0 fully saturated rings. The molecule has 0 unspecified atom stereocenters. The minimum Gasteiger partial charge on any atom is -0.202 e. The van der Waals surface area contributed by atoms with Crippen molar-refractivity contribution in [2.45, 2.75) is 11.0 Å². The lowest BCUT2D eigenvalue weighted by Gasteiger charge is -2.11. The molecule has 5 nitrogen and oxygen atoms in total. The molecule has 0 atom stereocenters. The van der Waals surface area contributed by atoms with Crippen molar-refractivity contribution in [3.8, 4) is 0 Å². The fourth-order valence-corrected chi connectivity index (χ4v) is 2.15. The Morgan fingerprint density at radius 2 is 0.875 bits per heavy atom. The van der Waals surface area contributed by atoms with Gasteiger partial charge in [0.25, 0.3) is 0 Å². The first-order valence-electron chi connectivity index (χ1n) is 2.62. The second-order valence-electron chi connectivity index (χ2n) is 1.98. The van der Waals surface area contributed by atoms with E-state index in [1.807, 2.05) is 0 Å². The Morgan fingerprint density at radius 1 is 0.688 bits per heavy atom. The summed E-state index contributed by atoms with van der Waals surface area (Å²) in [6, 6.07) is 0. The second kappa shape index (κ2) is 4.54. The SMILES string of the molecule is Cl.O=S(=O)(NS(=O)(=O)C(F)(F)F)C(F)(F)F. The average molecular weight is 318 g/mol. The Kier molecular flexibility index (Phi) is 5.14. The molecule has 14 heteroatoms. The molecular formula is C2H2ClF6NO4S2. The molecule has 0 radical (unpaired) electrons. The van der Waals surface area contributed by atoms with Crippen LogP contribution in [0, 0.1) is 0 Å². The monoisotopic (exact) mass is 317 g/mol. The van der Waals surface area contributed by atoms with E-state index in [2.05, 4.69) is 0 Å². The van der Waals surface area contributed by atoms with Gasteiger partial charge in [-0.25, -0.2) is 16.8 Å². The molecule has 0 bridgehead atoms. The number of hydrogen-bond acceptors (Lipinski definition) is 4. The van der Waals surface area contributed by atoms with Crippen LogP contribution in [0.2, 0.25) is 0 Å². The minimum absolute atomic E-state index is 0. The summed E-state index contributed by atoms with van der Waals surface area (Å²) in [4.78, 5) is 0. The van der Waals surface area contributed by atoms with Crippen molar-refractivity contribution in [3.63, 3.8) is 0 Å². The first-order valence-corrected chi connectivity index (χ1v) is 5.58. The molecule has 0 saturated heterocycles. The summed E-state index contributed by atoms with van der Waals surface area (Å²) in [6.07, 6.45) is 0. The highest BCUT2D eigenvalue weighted by molar-refractivity contribution is 8.05. The third-order valence-corrected chi connectivity index (χ3v) is 3.80. The van der Waals surface area contributed by atoms with E-state index in [0.717, 1.165) is 0 Å². The van der Waals surface area contributed by atoms with Crippen LogP contribution in [0.4, 0.5) is 26.3 Å². The van der Waals surface area contributed by atoms with Crippen LogP contribution in [0.5, 0.6) is 0 Å². The Bertz CT molecular complexity index is 390. The summed E-state index contributed by atoms with van der Waals surface area (Å²) in [5.41, 5.74) is -12.3. The first-order chi connectivity index (χ1) is 6.21. The lowest BCUT2D eigenvalue weighted by Crippen LogP contribution is -2.45. The zero-order chi connectivity index (χ0) is 12.7. The van der Waals surface area contributed by atoms with Crippen molar-refractivity contribution in [1.82, 2.24) is 4.13 Å².